The Morgan fingerprint density at radius 3 is 3.00 bits per heavy atom. The van der Waals surface area contributed by atoms with Gasteiger partial charge < -0.3 is 0 Å². The zero-order valence-corrected chi connectivity index (χ0v) is 8.30. The van der Waals surface area contributed by atoms with Crippen molar-refractivity contribution in [3.63, 3.8) is 0 Å². The zero-order valence-electron chi connectivity index (χ0n) is 6.71. The lowest BCUT2D eigenvalue weighted by Gasteiger charge is -2.00. The predicted octanol–water partition coefficient (Wildman–Crippen LogP) is 3.31. The van der Waals surface area contributed by atoms with Crippen molar-refractivity contribution >= 4 is 26.8 Å². The second kappa shape index (κ2) is 2.87. The molecule has 0 aliphatic carbocycles. The van der Waals surface area contributed by atoms with Crippen LogP contribution in [0.1, 0.15) is 5.56 Å². The first kappa shape index (κ1) is 7.74. The average Bonchev–Trinajstić information content (AvgIpc) is 2.07. The van der Waals surface area contributed by atoms with Gasteiger partial charge in [-0.25, -0.2) is 0 Å². The molecule has 0 unspecified atom stereocenters. The summed E-state index contributed by atoms with van der Waals surface area (Å²) in [4.78, 5) is 4.29. The van der Waals surface area contributed by atoms with Crippen LogP contribution in [-0.2, 0) is 0 Å². The van der Waals surface area contributed by atoms with E-state index < -0.39 is 0 Å². The summed E-state index contributed by atoms with van der Waals surface area (Å²) in [5.74, 6) is 0. The monoisotopic (exact) mass is 221 g/mol. The lowest BCUT2D eigenvalue weighted by atomic mass is 10.1. The van der Waals surface area contributed by atoms with Crippen LogP contribution < -0.4 is 0 Å². The van der Waals surface area contributed by atoms with Gasteiger partial charge in [0.1, 0.15) is 0 Å². The van der Waals surface area contributed by atoms with E-state index in [2.05, 4.69) is 40.0 Å². The van der Waals surface area contributed by atoms with E-state index in [-0.39, 0.29) is 0 Å². The molecule has 0 atom stereocenters. The van der Waals surface area contributed by atoms with Gasteiger partial charge in [0.2, 0.25) is 0 Å². The SMILES string of the molecule is Cc1cccc2ncc(Br)cc12. The van der Waals surface area contributed by atoms with E-state index in [0.717, 1.165) is 9.99 Å². The van der Waals surface area contributed by atoms with Crippen LogP contribution in [0.3, 0.4) is 0 Å². The maximum Gasteiger partial charge on any atom is 0.0705 e. The fourth-order valence-corrected chi connectivity index (χ4v) is 1.60. The number of pyridine rings is 1. The summed E-state index contributed by atoms with van der Waals surface area (Å²) < 4.78 is 1.03. The summed E-state index contributed by atoms with van der Waals surface area (Å²) in [6.07, 6.45) is 1.82. The molecule has 0 bridgehead atoms. The second-order valence-corrected chi connectivity index (χ2v) is 3.71. The van der Waals surface area contributed by atoms with Gasteiger partial charge in [-0.15, -0.1) is 0 Å². The third kappa shape index (κ3) is 1.23. The van der Waals surface area contributed by atoms with E-state index in [1.165, 1.54) is 10.9 Å². The van der Waals surface area contributed by atoms with Crippen molar-refractivity contribution in [2.45, 2.75) is 6.92 Å². The minimum absolute atomic E-state index is 1.03. The van der Waals surface area contributed by atoms with E-state index in [4.69, 9.17) is 0 Å². The van der Waals surface area contributed by atoms with Crippen molar-refractivity contribution in [2.24, 2.45) is 0 Å². The summed E-state index contributed by atoms with van der Waals surface area (Å²) in [5, 5.41) is 1.21. The highest BCUT2D eigenvalue weighted by Gasteiger charge is 1.97. The Balaban J connectivity index is 2.88. The smallest absolute Gasteiger partial charge is 0.0705 e. The Hall–Kier alpha value is -0.890. The Morgan fingerprint density at radius 2 is 2.17 bits per heavy atom. The highest BCUT2D eigenvalue weighted by Crippen LogP contribution is 2.19. The molecule has 0 radical (unpaired) electrons. The van der Waals surface area contributed by atoms with Crippen LogP contribution in [0, 0.1) is 6.92 Å². The van der Waals surface area contributed by atoms with E-state index >= 15 is 0 Å². The van der Waals surface area contributed by atoms with Crippen LogP contribution in [-0.4, -0.2) is 4.98 Å². The van der Waals surface area contributed by atoms with Crippen LogP contribution in [0.2, 0.25) is 0 Å². The second-order valence-electron chi connectivity index (χ2n) is 2.80. The molecule has 1 nitrogen and oxygen atoms in total. The third-order valence-electron chi connectivity index (χ3n) is 1.91. The summed E-state index contributed by atoms with van der Waals surface area (Å²) in [5.41, 5.74) is 2.32. The van der Waals surface area contributed by atoms with Crippen LogP contribution in [0.5, 0.6) is 0 Å². The fourth-order valence-electron chi connectivity index (χ4n) is 1.27. The third-order valence-corrected chi connectivity index (χ3v) is 2.34. The molecule has 12 heavy (non-hydrogen) atoms. The molecule has 2 rings (SSSR count). The molecule has 2 aromatic rings. The molecule has 1 aromatic heterocycles. The van der Waals surface area contributed by atoms with Crippen LogP contribution in [0.15, 0.2) is 34.9 Å². The van der Waals surface area contributed by atoms with E-state index in [9.17, 15) is 0 Å². The molecule has 0 spiro atoms. The summed E-state index contributed by atoms with van der Waals surface area (Å²) in [7, 11) is 0. The number of hydrogen-bond donors (Lipinski definition) is 0. The van der Waals surface area contributed by atoms with Crippen LogP contribution in [0.4, 0.5) is 0 Å². The van der Waals surface area contributed by atoms with Crippen molar-refractivity contribution in [3.05, 3.63) is 40.5 Å². The van der Waals surface area contributed by atoms with Gasteiger partial charge in [-0.05, 0) is 40.5 Å². The van der Waals surface area contributed by atoms with Gasteiger partial charge in [-0.3, -0.25) is 4.98 Å². The molecule has 0 fully saturated rings. The van der Waals surface area contributed by atoms with Gasteiger partial charge in [-0.1, -0.05) is 12.1 Å². The van der Waals surface area contributed by atoms with Gasteiger partial charge >= 0.3 is 0 Å². The maximum absolute atomic E-state index is 4.29. The highest BCUT2D eigenvalue weighted by molar-refractivity contribution is 9.10. The quantitative estimate of drug-likeness (QED) is 0.666. The predicted molar refractivity (Wildman–Crippen MR) is 54.2 cm³/mol. The summed E-state index contributed by atoms with van der Waals surface area (Å²) in [6, 6.07) is 8.24. The minimum Gasteiger partial charge on any atom is -0.255 e. The fraction of sp³-hybridized carbons (Fsp3) is 0.100. The number of nitrogens with zero attached hydrogens (tertiary/aromatic N) is 1. The van der Waals surface area contributed by atoms with Gasteiger partial charge in [0, 0.05) is 16.1 Å². The van der Waals surface area contributed by atoms with E-state index in [1.54, 1.807) is 0 Å². The topological polar surface area (TPSA) is 12.9 Å². The Bertz CT molecular complexity index is 423. The van der Waals surface area contributed by atoms with Crippen molar-refractivity contribution in [1.29, 1.82) is 0 Å². The number of benzene rings is 1. The zero-order chi connectivity index (χ0) is 8.55. The van der Waals surface area contributed by atoms with Crippen LogP contribution >= 0.6 is 15.9 Å². The van der Waals surface area contributed by atoms with Crippen molar-refractivity contribution in [3.8, 4) is 0 Å². The first-order valence-corrected chi connectivity index (χ1v) is 4.57. The molecule has 0 aliphatic rings. The number of aromatic nitrogens is 1. The molecule has 60 valence electrons. The van der Waals surface area contributed by atoms with Gasteiger partial charge in [0.25, 0.3) is 0 Å². The minimum atomic E-state index is 1.03. The summed E-state index contributed by atoms with van der Waals surface area (Å²) in [6.45, 7) is 2.09. The van der Waals surface area contributed by atoms with E-state index in [0.29, 0.717) is 0 Å². The average molecular weight is 222 g/mol. The lowest BCUT2D eigenvalue weighted by molar-refractivity contribution is 1.37. The molecular weight excluding hydrogens is 214 g/mol. The normalized spacial score (nSPS) is 10.5. The van der Waals surface area contributed by atoms with Crippen molar-refractivity contribution in [1.82, 2.24) is 4.98 Å². The number of rotatable bonds is 0. The first-order chi connectivity index (χ1) is 5.77. The molecule has 0 amide bonds. The number of aryl methyl sites for hydroxylation is 1. The number of halogens is 1. The number of hydrogen-bond acceptors (Lipinski definition) is 1. The Morgan fingerprint density at radius 1 is 1.33 bits per heavy atom. The van der Waals surface area contributed by atoms with Crippen molar-refractivity contribution < 1.29 is 0 Å². The molecule has 0 saturated carbocycles. The van der Waals surface area contributed by atoms with Crippen molar-refractivity contribution in [2.75, 3.05) is 0 Å². The Labute approximate surface area is 79.6 Å². The molecule has 0 aliphatic heterocycles. The van der Waals surface area contributed by atoms with Gasteiger partial charge in [0.15, 0.2) is 0 Å². The maximum atomic E-state index is 4.29. The molecule has 2 heteroatoms. The number of fused-ring (bicyclic) bond motifs is 1. The largest absolute Gasteiger partial charge is 0.255 e. The Kier molecular flexibility index (Phi) is 1.85. The molecule has 0 saturated heterocycles. The lowest BCUT2D eigenvalue weighted by Crippen LogP contribution is -1.81. The standard InChI is InChI=1S/C10H8BrN/c1-7-3-2-4-10-9(7)5-8(11)6-12-10/h2-6H,1H3. The molecule has 1 heterocycles. The molecule has 0 N–H and O–H groups in total. The molecular formula is C10H8BrN. The summed E-state index contributed by atoms with van der Waals surface area (Å²) >= 11 is 3.40. The first-order valence-electron chi connectivity index (χ1n) is 3.78. The molecule has 1 aromatic carbocycles. The van der Waals surface area contributed by atoms with Crippen LogP contribution in [0.25, 0.3) is 10.9 Å². The highest BCUT2D eigenvalue weighted by atomic mass is 79.9. The van der Waals surface area contributed by atoms with Gasteiger partial charge in [0.05, 0.1) is 5.52 Å². The van der Waals surface area contributed by atoms with E-state index in [1.807, 2.05) is 18.3 Å². The van der Waals surface area contributed by atoms with Gasteiger partial charge in [-0.2, -0.15) is 0 Å².